The minimum absolute atomic E-state index is 0.0521. The third kappa shape index (κ3) is 4.06. The smallest absolute Gasteiger partial charge is 0.255 e. The molecule has 106 valence electrons. The van der Waals surface area contributed by atoms with E-state index in [-0.39, 0.29) is 17.3 Å². The van der Waals surface area contributed by atoms with Gasteiger partial charge in [0.1, 0.15) is 12.4 Å². The Labute approximate surface area is 126 Å². The molecule has 0 aliphatic rings. The van der Waals surface area contributed by atoms with Crippen LogP contribution in [0.1, 0.15) is 15.9 Å². The van der Waals surface area contributed by atoms with E-state index < -0.39 is 11.7 Å². The molecule has 2 aromatic rings. The van der Waals surface area contributed by atoms with E-state index in [9.17, 15) is 9.18 Å². The van der Waals surface area contributed by atoms with E-state index in [0.717, 1.165) is 6.07 Å². The van der Waals surface area contributed by atoms with Gasteiger partial charge >= 0.3 is 0 Å². The SMILES string of the molecule is O=C(Nc1ccc(Cl)cc1F)c1cccc(C#CCO)c1. The van der Waals surface area contributed by atoms with Crippen molar-refractivity contribution in [2.75, 3.05) is 11.9 Å². The van der Waals surface area contributed by atoms with Gasteiger partial charge in [0.05, 0.1) is 5.69 Å². The van der Waals surface area contributed by atoms with Crippen LogP contribution in [0.15, 0.2) is 42.5 Å². The standard InChI is InChI=1S/C16H11ClFNO2/c17-13-6-7-15(14(18)10-13)19-16(21)12-5-1-3-11(9-12)4-2-8-20/h1,3,5-7,9-10,20H,8H2,(H,19,21). The average Bonchev–Trinajstić information content (AvgIpc) is 2.48. The quantitative estimate of drug-likeness (QED) is 0.838. The maximum atomic E-state index is 13.6. The number of hydrogen-bond acceptors (Lipinski definition) is 2. The minimum atomic E-state index is -0.605. The van der Waals surface area contributed by atoms with Crippen molar-refractivity contribution in [3.63, 3.8) is 0 Å². The minimum Gasteiger partial charge on any atom is -0.384 e. The van der Waals surface area contributed by atoms with Crippen molar-refractivity contribution in [2.45, 2.75) is 0 Å². The first-order valence-electron chi connectivity index (χ1n) is 6.06. The Morgan fingerprint density at radius 2 is 2.10 bits per heavy atom. The van der Waals surface area contributed by atoms with Gasteiger partial charge in [0, 0.05) is 16.1 Å². The largest absolute Gasteiger partial charge is 0.384 e. The van der Waals surface area contributed by atoms with Gasteiger partial charge in [-0.1, -0.05) is 29.5 Å². The van der Waals surface area contributed by atoms with Crippen LogP contribution >= 0.6 is 11.6 Å². The summed E-state index contributed by atoms with van der Waals surface area (Å²) in [5.41, 5.74) is 0.985. The van der Waals surface area contributed by atoms with Crippen LogP contribution in [0.2, 0.25) is 5.02 Å². The highest BCUT2D eigenvalue weighted by atomic mass is 35.5. The molecule has 3 nitrogen and oxygen atoms in total. The van der Waals surface area contributed by atoms with Gasteiger partial charge in [-0.05, 0) is 36.4 Å². The Kier molecular flexibility index (Phi) is 4.94. The van der Waals surface area contributed by atoms with Gasteiger partial charge in [-0.25, -0.2) is 4.39 Å². The number of halogens is 2. The monoisotopic (exact) mass is 303 g/mol. The van der Waals surface area contributed by atoms with Gasteiger partial charge in [0.25, 0.3) is 5.91 Å². The van der Waals surface area contributed by atoms with Crippen molar-refractivity contribution < 1.29 is 14.3 Å². The molecule has 21 heavy (non-hydrogen) atoms. The molecule has 0 heterocycles. The van der Waals surface area contributed by atoms with Crippen molar-refractivity contribution in [3.05, 3.63) is 64.4 Å². The van der Waals surface area contributed by atoms with Gasteiger partial charge in [-0.3, -0.25) is 4.79 Å². The molecular weight excluding hydrogens is 293 g/mol. The summed E-state index contributed by atoms with van der Waals surface area (Å²) in [5, 5.41) is 11.4. The molecule has 5 heteroatoms. The maximum Gasteiger partial charge on any atom is 0.255 e. The highest BCUT2D eigenvalue weighted by molar-refractivity contribution is 6.30. The number of anilines is 1. The van der Waals surface area contributed by atoms with E-state index in [1.54, 1.807) is 24.3 Å². The number of hydrogen-bond donors (Lipinski definition) is 2. The van der Waals surface area contributed by atoms with Gasteiger partial charge in [-0.15, -0.1) is 0 Å². The second-order valence-corrected chi connectivity index (χ2v) is 4.56. The molecule has 0 bridgehead atoms. The summed E-state index contributed by atoms with van der Waals surface area (Å²) in [6.07, 6.45) is 0. The Morgan fingerprint density at radius 3 is 2.81 bits per heavy atom. The van der Waals surface area contributed by atoms with Crippen LogP contribution in [0.4, 0.5) is 10.1 Å². The van der Waals surface area contributed by atoms with Crippen LogP contribution in [-0.2, 0) is 0 Å². The van der Waals surface area contributed by atoms with Crippen LogP contribution < -0.4 is 5.32 Å². The summed E-state index contributed by atoms with van der Waals surface area (Å²) in [5.74, 6) is 4.14. The van der Waals surface area contributed by atoms with E-state index in [2.05, 4.69) is 17.2 Å². The molecule has 0 aromatic heterocycles. The zero-order chi connectivity index (χ0) is 15.2. The first-order valence-corrected chi connectivity index (χ1v) is 6.44. The van der Waals surface area contributed by atoms with Crippen LogP contribution in [0.3, 0.4) is 0 Å². The fraction of sp³-hybridized carbons (Fsp3) is 0.0625. The fourth-order valence-electron chi connectivity index (χ4n) is 1.67. The molecule has 0 radical (unpaired) electrons. The summed E-state index contributed by atoms with van der Waals surface area (Å²) in [7, 11) is 0. The van der Waals surface area contributed by atoms with Crippen LogP contribution in [0.25, 0.3) is 0 Å². The molecule has 0 saturated carbocycles. The molecule has 0 aliphatic heterocycles. The molecule has 2 N–H and O–H groups in total. The number of aliphatic hydroxyl groups is 1. The zero-order valence-corrected chi connectivity index (χ0v) is 11.6. The van der Waals surface area contributed by atoms with E-state index >= 15 is 0 Å². The van der Waals surface area contributed by atoms with Crippen molar-refractivity contribution in [1.29, 1.82) is 0 Å². The highest BCUT2D eigenvalue weighted by Crippen LogP contribution is 2.19. The third-order valence-electron chi connectivity index (χ3n) is 2.62. The van der Waals surface area contributed by atoms with Crippen molar-refractivity contribution in [3.8, 4) is 11.8 Å². The molecule has 0 fully saturated rings. The normalized spacial score (nSPS) is 9.67. The molecule has 1 amide bonds. The van der Waals surface area contributed by atoms with Gasteiger partial charge in [-0.2, -0.15) is 0 Å². The van der Waals surface area contributed by atoms with Crippen molar-refractivity contribution in [2.24, 2.45) is 0 Å². The fourth-order valence-corrected chi connectivity index (χ4v) is 1.82. The summed E-state index contributed by atoms with van der Waals surface area (Å²) in [6.45, 7) is -0.258. The Morgan fingerprint density at radius 1 is 1.29 bits per heavy atom. The molecule has 0 atom stereocenters. The van der Waals surface area contributed by atoms with Crippen molar-refractivity contribution in [1.82, 2.24) is 0 Å². The number of carbonyl (C=O) groups excluding carboxylic acids is 1. The predicted octanol–water partition coefficient (Wildman–Crippen LogP) is 3.08. The van der Waals surface area contributed by atoms with E-state index in [1.165, 1.54) is 12.1 Å². The lowest BCUT2D eigenvalue weighted by molar-refractivity contribution is 0.102. The lowest BCUT2D eigenvalue weighted by Crippen LogP contribution is -2.13. The molecule has 2 rings (SSSR count). The summed E-state index contributed by atoms with van der Waals surface area (Å²) in [4.78, 5) is 12.1. The van der Waals surface area contributed by atoms with Gasteiger partial charge < -0.3 is 10.4 Å². The zero-order valence-electron chi connectivity index (χ0n) is 10.9. The second-order valence-electron chi connectivity index (χ2n) is 4.12. The summed E-state index contributed by atoms with van der Waals surface area (Å²) >= 11 is 5.65. The van der Waals surface area contributed by atoms with E-state index in [1.807, 2.05) is 0 Å². The van der Waals surface area contributed by atoms with Crippen molar-refractivity contribution >= 4 is 23.2 Å². The highest BCUT2D eigenvalue weighted by Gasteiger charge is 2.09. The Balaban J connectivity index is 2.20. The number of benzene rings is 2. The number of carbonyl (C=O) groups is 1. The number of nitrogens with one attached hydrogen (secondary N) is 1. The topological polar surface area (TPSA) is 49.3 Å². The van der Waals surface area contributed by atoms with Crippen LogP contribution in [0, 0.1) is 17.7 Å². The van der Waals surface area contributed by atoms with E-state index in [0.29, 0.717) is 11.1 Å². The first kappa shape index (κ1) is 15.0. The van der Waals surface area contributed by atoms with Gasteiger partial charge in [0.15, 0.2) is 0 Å². The number of rotatable bonds is 2. The average molecular weight is 304 g/mol. The van der Waals surface area contributed by atoms with Crippen LogP contribution in [-0.4, -0.2) is 17.6 Å². The molecular formula is C16H11ClFNO2. The summed E-state index contributed by atoms with van der Waals surface area (Å²) in [6, 6.07) is 10.5. The lowest BCUT2D eigenvalue weighted by Gasteiger charge is -2.07. The molecule has 0 saturated heterocycles. The molecule has 2 aromatic carbocycles. The first-order chi connectivity index (χ1) is 10.1. The second kappa shape index (κ2) is 6.89. The predicted molar refractivity (Wildman–Crippen MR) is 79.8 cm³/mol. The van der Waals surface area contributed by atoms with Crippen LogP contribution in [0.5, 0.6) is 0 Å². The molecule has 0 unspecified atom stereocenters. The third-order valence-corrected chi connectivity index (χ3v) is 2.85. The van der Waals surface area contributed by atoms with Gasteiger partial charge in [0.2, 0.25) is 0 Å². The Hall–Kier alpha value is -2.35. The summed E-state index contributed by atoms with van der Waals surface area (Å²) < 4.78 is 13.6. The number of aliphatic hydroxyl groups excluding tert-OH is 1. The molecule has 0 aliphatic carbocycles. The van der Waals surface area contributed by atoms with E-state index in [4.69, 9.17) is 16.7 Å². The number of amides is 1. The maximum absolute atomic E-state index is 13.6. The Bertz CT molecular complexity index is 735. The molecule has 0 spiro atoms. The lowest BCUT2D eigenvalue weighted by atomic mass is 10.1.